The minimum Gasteiger partial charge on any atom is -0.497 e. The molecule has 1 aliphatic heterocycles. The van der Waals surface area contributed by atoms with Crippen LogP contribution >= 0.6 is 15.9 Å². The maximum absolute atomic E-state index is 14.3. The van der Waals surface area contributed by atoms with Crippen molar-refractivity contribution in [3.63, 3.8) is 0 Å². The van der Waals surface area contributed by atoms with Crippen LogP contribution in [0, 0.1) is 0 Å². The van der Waals surface area contributed by atoms with Gasteiger partial charge >= 0.3 is 0 Å². The molecule has 1 heterocycles. The van der Waals surface area contributed by atoms with Crippen molar-refractivity contribution in [3.05, 3.63) is 136 Å². The van der Waals surface area contributed by atoms with Crippen LogP contribution in [0.15, 0.2) is 119 Å². The van der Waals surface area contributed by atoms with Crippen molar-refractivity contribution in [2.45, 2.75) is 31.0 Å². The molecule has 0 spiro atoms. The minimum absolute atomic E-state index is 0.0709. The molecule has 0 aliphatic carbocycles. The number of carbonyl (C=O) groups is 1. The number of aliphatic hydroxyl groups excluding tert-OH is 1. The summed E-state index contributed by atoms with van der Waals surface area (Å²) < 4.78 is 18.5. The van der Waals surface area contributed by atoms with E-state index in [1.807, 2.05) is 115 Å². The lowest BCUT2D eigenvalue weighted by Crippen LogP contribution is -2.47. The van der Waals surface area contributed by atoms with Gasteiger partial charge in [0.2, 0.25) is 5.90 Å². The van der Waals surface area contributed by atoms with Crippen molar-refractivity contribution in [3.8, 4) is 11.5 Å². The van der Waals surface area contributed by atoms with Crippen LogP contribution in [0.4, 0.5) is 0 Å². The molecule has 5 rings (SSSR count). The molecule has 2 N–H and O–H groups in total. The molecule has 0 unspecified atom stereocenters. The molecule has 1 amide bonds. The number of amides is 1. The number of aliphatic imine (C=N–C) groups is 1. The smallest absolute Gasteiger partial charge is 0.252 e. The van der Waals surface area contributed by atoms with Gasteiger partial charge in [0.05, 0.1) is 13.7 Å². The Labute approximate surface area is 266 Å². The van der Waals surface area contributed by atoms with Crippen LogP contribution in [-0.4, -0.2) is 42.8 Å². The first-order valence-corrected chi connectivity index (χ1v) is 15.3. The standard InChI is InChI=1S/C36H35BrN2O5/c1-42-31-18-10-27(11-19-31)25-38-35(41)36(22-5-9-26-7-3-2-4-8-26)33(28-12-16-30(37)17-13-28)44-34(39-36)29-14-20-32(21-15-29)43-24-6-23-40/h2-5,7-21,33,40H,6,22-25H2,1H3,(H,38,41)/b9-5+/t33-,36-/m1/s1. The average molecular weight is 656 g/mol. The van der Waals surface area contributed by atoms with Crippen molar-refractivity contribution in [2.75, 3.05) is 20.3 Å². The molecule has 0 fully saturated rings. The van der Waals surface area contributed by atoms with E-state index in [0.717, 1.165) is 32.5 Å². The highest BCUT2D eigenvalue weighted by Gasteiger charge is 2.52. The molecule has 226 valence electrons. The second kappa shape index (κ2) is 14.9. The zero-order chi connectivity index (χ0) is 30.8. The maximum Gasteiger partial charge on any atom is 0.252 e. The van der Waals surface area contributed by atoms with Crippen LogP contribution in [0.2, 0.25) is 0 Å². The number of nitrogens with zero attached hydrogens (tertiary/aromatic N) is 1. The molecule has 0 saturated heterocycles. The highest BCUT2D eigenvalue weighted by molar-refractivity contribution is 9.10. The lowest BCUT2D eigenvalue weighted by Gasteiger charge is -2.30. The Balaban J connectivity index is 1.50. The number of aliphatic hydroxyl groups is 1. The topological polar surface area (TPSA) is 89.4 Å². The SMILES string of the molecule is COc1ccc(CNC(=O)[C@]2(C/C=C/c3ccccc3)N=C(c3ccc(OCCCO)cc3)O[C@@H]2c2ccc(Br)cc2)cc1. The zero-order valence-corrected chi connectivity index (χ0v) is 26.1. The molecule has 0 radical (unpaired) electrons. The van der Waals surface area contributed by atoms with Crippen molar-refractivity contribution in [2.24, 2.45) is 4.99 Å². The van der Waals surface area contributed by atoms with E-state index in [2.05, 4.69) is 21.2 Å². The van der Waals surface area contributed by atoms with Gasteiger partial charge in [0.1, 0.15) is 11.5 Å². The number of rotatable bonds is 13. The van der Waals surface area contributed by atoms with Crippen LogP contribution in [0.3, 0.4) is 0 Å². The number of halogens is 1. The Morgan fingerprint density at radius 3 is 2.36 bits per heavy atom. The van der Waals surface area contributed by atoms with Crippen molar-refractivity contribution in [1.29, 1.82) is 0 Å². The molecule has 0 saturated carbocycles. The van der Waals surface area contributed by atoms with Gasteiger partial charge in [-0.05, 0) is 65.2 Å². The highest BCUT2D eigenvalue weighted by atomic mass is 79.9. The third-order valence-electron chi connectivity index (χ3n) is 7.35. The van der Waals surface area contributed by atoms with E-state index in [-0.39, 0.29) is 12.5 Å². The summed E-state index contributed by atoms with van der Waals surface area (Å²) in [6, 6.07) is 32.8. The van der Waals surface area contributed by atoms with E-state index < -0.39 is 11.6 Å². The van der Waals surface area contributed by atoms with Gasteiger partial charge in [0.15, 0.2) is 11.6 Å². The summed E-state index contributed by atoms with van der Waals surface area (Å²) in [7, 11) is 1.62. The molecule has 0 bridgehead atoms. The maximum atomic E-state index is 14.3. The Morgan fingerprint density at radius 1 is 0.977 bits per heavy atom. The molecular formula is C36H35BrN2O5. The fourth-order valence-corrected chi connectivity index (χ4v) is 5.23. The largest absolute Gasteiger partial charge is 0.497 e. The third-order valence-corrected chi connectivity index (χ3v) is 7.88. The molecule has 2 atom stereocenters. The van der Waals surface area contributed by atoms with Crippen molar-refractivity contribution < 1.29 is 24.1 Å². The van der Waals surface area contributed by atoms with E-state index in [0.29, 0.717) is 37.6 Å². The fraction of sp³-hybridized carbons (Fsp3) is 0.222. The number of hydrogen-bond acceptors (Lipinski definition) is 6. The van der Waals surface area contributed by atoms with Crippen LogP contribution in [0.5, 0.6) is 11.5 Å². The van der Waals surface area contributed by atoms with Gasteiger partial charge in [0, 0.05) is 36.0 Å². The Hall–Kier alpha value is -4.40. The lowest BCUT2D eigenvalue weighted by molar-refractivity contribution is -0.129. The number of methoxy groups -OCH3 is 1. The van der Waals surface area contributed by atoms with Gasteiger partial charge in [-0.15, -0.1) is 0 Å². The number of nitrogens with one attached hydrogen (secondary N) is 1. The number of carbonyl (C=O) groups excluding carboxylic acids is 1. The lowest BCUT2D eigenvalue weighted by atomic mass is 9.84. The molecule has 0 aromatic heterocycles. The van der Waals surface area contributed by atoms with Gasteiger partial charge in [0.25, 0.3) is 5.91 Å². The van der Waals surface area contributed by atoms with Crippen LogP contribution in [-0.2, 0) is 16.1 Å². The normalized spacial score (nSPS) is 17.6. The van der Waals surface area contributed by atoms with E-state index in [4.69, 9.17) is 24.3 Å². The quantitative estimate of drug-likeness (QED) is 0.153. The van der Waals surface area contributed by atoms with Gasteiger partial charge < -0.3 is 24.6 Å². The summed E-state index contributed by atoms with van der Waals surface area (Å²) in [4.78, 5) is 19.4. The summed E-state index contributed by atoms with van der Waals surface area (Å²) in [5.41, 5.74) is 2.26. The summed E-state index contributed by atoms with van der Waals surface area (Å²) in [6.45, 7) is 0.816. The predicted octanol–water partition coefficient (Wildman–Crippen LogP) is 6.90. The summed E-state index contributed by atoms with van der Waals surface area (Å²) in [5.74, 6) is 1.58. The zero-order valence-electron chi connectivity index (χ0n) is 24.5. The highest BCUT2D eigenvalue weighted by Crippen LogP contribution is 2.43. The second-order valence-corrected chi connectivity index (χ2v) is 11.3. The molecule has 7 nitrogen and oxygen atoms in total. The molecule has 1 aliphatic rings. The van der Waals surface area contributed by atoms with Gasteiger partial charge in [-0.1, -0.05) is 82.7 Å². The summed E-state index contributed by atoms with van der Waals surface area (Å²) >= 11 is 3.52. The predicted molar refractivity (Wildman–Crippen MR) is 176 cm³/mol. The molecule has 44 heavy (non-hydrogen) atoms. The van der Waals surface area contributed by atoms with Crippen molar-refractivity contribution in [1.82, 2.24) is 5.32 Å². The van der Waals surface area contributed by atoms with Gasteiger partial charge in [-0.2, -0.15) is 0 Å². The van der Waals surface area contributed by atoms with Gasteiger partial charge in [-0.3, -0.25) is 4.79 Å². The fourth-order valence-electron chi connectivity index (χ4n) is 4.97. The molecular weight excluding hydrogens is 620 g/mol. The van der Waals surface area contributed by atoms with Crippen LogP contribution in [0.1, 0.15) is 41.2 Å². The van der Waals surface area contributed by atoms with E-state index in [9.17, 15) is 4.79 Å². The third kappa shape index (κ3) is 7.56. The van der Waals surface area contributed by atoms with E-state index in [1.54, 1.807) is 7.11 Å². The van der Waals surface area contributed by atoms with Crippen LogP contribution in [0.25, 0.3) is 6.08 Å². The Kier molecular flexibility index (Phi) is 10.5. The molecule has 4 aromatic rings. The second-order valence-electron chi connectivity index (χ2n) is 10.4. The molecule has 4 aromatic carbocycles. The van der Waals surface area contributed by atoms with Crippen molar-refractivity contribution >= 4 is 33.8 Å². The monoisotopic (exact) mass is 654 g/mol. The number of benzene rings is 4. The summed E-state index contributed by atoms with van der Waals surface area (Å²) in [6.07, 6.45) is 4.17. The Bertz CT molecular complexity index is 1570. The minimum atomic E-state index is -1.28. The first-order valence-electron chi connectivity index (χ1n) is 14.5. The van der Waals surface area contributed by atoms with E-state index in [1.165, 1.54) is 0 Å². The van der Waals surface area contributed by atoms with Gasteiger partial charge in [-0.25, -0.2) is 4.99 Å². The first kappa shape index (κ1) is 31.0. The average Bonchev–Trinajstić information content (AvgIpc) is 3.46. The first-order chi connectivity index (χ1) is 21.5. The Morgan fingerprint density at radius 2 is 1.68 bits per heavy atom. The summed E-state index contributed by atoms with van der Waals surface area (Å²) in [5, 5.41) is 12.2. The number of ether oxygens (including phenoxy) is 3. The van der Waals surface area contributed by atoms with E-state index >= 15 is 0 Å². The van der Waals surface area contributed by atoms with Crippen LogP contribution < -0.4 is 14.8 Å². The number of hydrogen-bond donors (Lipinski definition) is 2. The molecule has 8 heteroatoms.